The Kier molecular flexibility index (Phi) is 14.6. The zero-order valence-corrected chi connectivity index (χ0v) is 32.7. The summed E-state index contributed by atoms with van der Waals surface area (Å²) in [6.07, 6.45) is 0.127. The molecule has 12 nitrogen and oxygen atoms in total. The topological polar surface area (TPSA) is 186 Å². The van der Waals surface area contributed by atoms with Gasteiger partial charge in [-0.15, -0.1) is 46.4 Å². The fraction of sp³-hybridized carbons (Fsp3) is 0.300. The number of benzene rings is 4. The summed E-state index contributed by atoms with van der Waals surface area (Å²) in [7, 11) is 0. The van der Waals surface area contributed by atoms with Crippen molar-refractivity contribution < 1.29 is 58.6 Å². The molecule has 56 heavy (non-hydrogen) atoms. The van der Waals surface area contributed by atoms with E-state index in [4.69, 9.17) is 65.4 Å². The number of hydrogen-bond acceptors (Lipinski definition) is 8. The van der Waals surface area contributed by atoms with Gasteiger partial charge in [0.05, 0.1) is 0 Å². The van der Waals surface area contributed by atoms with Gasteiger partial charge < -0.3 is 39.4 Å². The summed E-state index contributed by atoms with van der Waals surface area (Å²) in [6, 6.07) is 14.0. The molecule has 0 spiro atoms. The van der Waals surface area contributed by atoms with E-state index >= 15 is 0 Å². The zero-order chi connectivity index (χ0) is 40.5. The monoisotopic (exact) mass is 848 g/mol. The van der Waals surface area contributed by atoms with E-state index in [1.807, 2.05) is 0 Å². The highest BCUT2D eigenvalue weighted by Gasteiger charge is 2.25. The van der Waals surface area contributed by atoms with Gasteiger partial charge in [0.1, 0.15) is 23.0 Å². The van der Waals surface area contributed by atoms with Crippen LogP contribution in [0.1, 0.15) is 66.8 Å². The van der Waals surface area contributed by atoms with Crippen LogP contribution in [-0.2, 0) is 68.4 Å². The molecule has 0 fully saturated rings. The summed E-state index contributed by atoms with van der Waals surface area (Å²) in [5.41, 5.74) is 6.50. The third-order valence-electron chi connectivity index (χ3n) is 8.71. The minimum Gasteiger partial charge on any atom is -0.481 e. The number of halogens is 4. The summed E-state index contributed by atoms with van der Waals surface area (Å²) < 4.78 is 24.0. The third-order valence-corrected chi connectivity index (χ3v) is 9.95. The average Bonchev–Trinajstić information content (AvgIpc) is 3.15. The predicted molar refractivity (Wildman–Crippen MR) is 208 cm³/mol. The molecule has 4 N–H and O–H groups in total. The average molecular weight is 851 g/mol. The van der Waals surface area contributed by atoms with Crippen LogP contribution in [-0.4, -0.2) is 70.7 Å². The van der Waals surface area contributed by atoms with Gasteiger partial charge in [0.25, 0.3) is 0 Å². The Morgan fingerprint density at radius 1 is 0.375 bits per heavy atom. The first-order valence-corrected chi connectivity index (χ1v) is 19.2. The van der Waals surface area contributed by atoms with Crippen LogP contribution in [0, 0.1) is 0 Å². The van der Waals surface area contributed by atoms with Gasteiger partial charge in [-0.25, -0.2) is 19.2 Å². The minimum absolute atomic E-state index is 0.0318. The van der Waals surface area contributed by atoms with Crippen LogP contribution in [0.4, 0.5) is 0 Å². The van der Waals surface area contributed by atoms with Crippen LogP contribution in [0.2, 0.25) is 0 Å². The lowest BCUT2D eigenvalue weighted by atomic mass is 9.88. The summed E-state index contributed by atoms with van der Waals surface area (Å²) in [4.78, 5) is 47.5. The van der Waals surface area contributed by atoms with Gasteiger partial charge in [-0.3, -0.25) is 0 Å². The molecule has 1 aliphatic carbocycles. The highest BCUT2D eigenvalue weighted by atomic mass is 35.5. The van der Waals surface area contributed by atoms with Gasteiger partial charge in [-0.2, -0.15) is 0 Å². The van der Waals surface area contributed by atoms with E-state index in [1.165, 1.54) is 0 Å². The van der Waals surface area contributed by atoms with Crippen molar-refractivity contribution >= 4 is 70.3 Å². The lowest BCUT2D eigenvalue weighted by Gasteiger charge is -2.24. The Hall–Kier alpha value is -4.88. The second-order valence-corrected chi connectivity index (χ2v) is 14.0. The van der Waals surface area contributed by atoms with E-state index in [-0.39, 0.29) is 72.2 Å². The lowest BCUT2D eigenvalue weighted by Crippen LogP contribution is -2.16. The third kappa shape index (κ3) is 10.7. The van der Waals surface area contributed by atoms with E-state index in [0.29, 0.717) is 66.8 Å². The SMILES string of the molecule is O=C(O)COc1c2cc(CCl)cc1Cc1cc(CCl)cc(c1OCC(=O)O)Cc1cc(CCl)cc(c1OCC(=O)O)Cc1cc(CCl)cc(c1OCC(=O)O)C2. The molecular formula is C40H36Cl4O12. The Balaban J connectivity index is 1.92. The van der Waals surface area contributed by atoms with Crippen LogP contribution in [0.15, 0.2) is 48.5 Å². The van der Waals surface area contributed by atoms with Crippen LogP contribution in [0.3, 0.4) is 0 Å². The van der Waals surface area contributed by atoms with E-state index in [2.05, 4.69) is 0 Å². The molecule has 1 aliphatic rings. The van der Waals surface area contributed by atoms with E-state index < -0.39 is 50.3 Å². The Morgan fingerprint density at radius 3 is 0.661 bits per heavy atom. The van der Waals surface area contributed by atoms with Crippen molar-refractivity contribution in [1.82, 2.24) is 0 Å². The predicted octanol–water partition coefficient (Wildman–Crippen LogP) is 7.17. The molecule has 0 saturated carbocycles. The smallest absolute Gasteiger partial charge is 0.341 e. The number of aliphatic carboxylic acids is 4. The molecule has 0 aromatic heterocycles. The molecule has 4 aromatic rings. The lowest BCUT2D eigenvalue weighted by molar-refractivity contribution is -0.140. The maximum absolute atomic E-state index is 11.9. The summed E-state index contributed by atoms with van der Waals surface area (Å²) in [5.74, 6) is -3.90. The van der Waals surface area contributed by atoms with Crippen molar-refractivity contribution in [3.8, 4) is 23.0 Å². The first-order valence-electron chi connectivity index (χ1n) is 17.0. The maximum Gasteiger partial charge on any atom is 0.341 e. The molecular weight excluding hydrogens is 814 g/mol. The van der Waals surface area contributed by atoms with Crippen molar-refractivity contribution in [2.45, 2.75) is 49.2 Å². The molecule has 16 heteroatoms. The number of alkyl halides is 4. The quantitative estimate of drug-likeness (QED) is 0.0735. The fourth-order valence-electron chi connectivity index (χ4n) is 6.76. The van der Waals surface area contributed by atoms with E-state index in [1.54, 1.807) is 48.5 Å². The number of carbonyl (C=O) groups is 4. The normalized spacial score (nSPS) is 12.1. The molecule has 0 unspecified atom stereocenters. The highest BCUT2D eigenvalue weighted by molar-refractivity contribution is 6.17. The van der Waals surface area contributed by atoms with Crippen LogP contribution >= 0.6 is 46.4 Å². The molecule has 0 radical (unpaired) electrons. The van der Waals surface area contributed by atoms with Crippen molar-refractivity contribution in [2.24, 2.45) is 0 Å². The largest absolute Gasteiger partial charge is 0.481 e. The summed E-state index contributed by atoms with van der Waals surface area (Å²) >= 11 is 25.7. The first kappa shape index (κ1) is 42.3. The second kappa shape index (κ2) is 19.3. The number of fused-ring (bicyclic) bond motifs is 8. The Morgan fingerprint density at radius 2 is 0.536 bits per heavy atom. The van der Waals surface area contributed by atoms with Crippen molar-refractivity contribution in [1.29, 1.82) is 0 Å². The Bertz CT molecular complexity index is 1760. The number of carboxylic acids is 4. The molecule has 0 saturated heterocycles. The number of ether oxygens (including phenoxy) is 4. The van der Waals surface area contributed by atoms with Gasteiger partial charge in [0.15, 0.2) is 26.4 Å². The zero-order valence-electron chi connectivity index (χ0n) is 29.7. The minimum atomic E-state index is -1.24. The van der Waals surface area contributed by atoms with Crippen molar-refractivity contribution in [3.63, 3.8) is 0 Å². The highest BCUT2D eigenvalue weighted by Crippen LogP contribution is 2.41. The van der Waals surface area contributed by atoms with Gasteiger partial charge in [0, 0.05) is 49.2 Å². The van der Waals surface area contributed by atoms with Crippen LogP contribution in [0.25, 0.3) is 0 Å². The van der Waals surface area contributed by atoms with Gasteiger partial charge in [-0.05, 0) is 66.8 Å². The van der Waals surface area contributed by atoms with Crippen LogP contribution in [0.5, 0.6) is 23.0 Å². The fourth-order valence-corrected chi connectivity index (χ4v) is 7.38. The van der Waals surface area contributed by atoms with E-state index in [9.17, 15) is 39.6 Å². The van der Waals surface area contributed by atoms with Gasteiger partial charge in [-0.1, -0.05) is 48.5 Å². The number of carboxylic acid groups (broad SMARTS) is 4. The molecule has 296 valence electrons. The second-order valence-electron chi connectivity index (χ2n) is 12.9. The first-order chi connectivity index (χ1) is 26.8. The maximum atomic E-state index is 11.9. The molecule has 5 rings (SSSR count). The summed E-state index contributed by atoms with van der Waals surface area (Å²) in [5, 5.41) is 38.8. The molecule has 4 aromatic carbocycles. The Labute approximate surface area is 341 Å². The van der Waals surface area contributed by atoms with Crippen LogP contribution < -0.4 is 18.9 Å². The number of hydrogen-bond donors (Lipinski definition) is 4. The molecule has 0 atom stereocenters. The van der Waals surface area contributed by atoms with E-state index in [0.717, 1.165) is 0 Å². The van der Waals surface area contributed by atoms with Crippen molar-refractivity contribution in [2.75, 3.05) is 26.4 Å². The molecule has 0 aliphatic heterocycles. The molecule has 0 heterocycles. The summed E-state index contributed by atoms with van der Waals surface area (Å²) in [6.45, 7) is -2.83. The van der Waals surface area contributed by atoms with Gasteiger partial charge >= 0.3 is 23.9 Å². The van der Waals surface area contributed by atoms with Gasteiger partial charge in [0.2, 0.25) is 0 Å². The number of rotatable bonds is 16. The molecule has 0 amide bonds. The van der Waals surface area contributed by atoms with Crippen molar-refractivity contribution in [3.05, 3.63) is 115 Å². The molecule has 8 bridgehead atoms. The standard InChI is InChI=1S/C40H36Cl4O12/c41-13-21-1-25-9-27-3-22(14-42)4-29(38(27)54-18-34(47)48)11-30-7-24(16-44)8-32(40(30)56-20-36(51)52)12-31-6-23(15-43)5-28(39(31)55-19-35(49)50)10-26(2-21)37(25)53-17-33(45)46/h1-8H,9-20H2,(H,45,46)(H,47,48)(H,49,50)(H,51,52).